The topological polar surface area (TPSA) is 107 Å². The van der Waals surface area contributed by atoms with Crippen molar-refractivity contribution in [1.29, 1.82) is 0 Å². The van der Waals surface area contributed by atoms with Crippen molar-refractivity contribution in [1.82, 2.24) is 25.4 Å². The van der Waals surface area contributed by atoms with Gasteiger partial charge in [0.2, 0.25) is 5.91 Å². The molecule has 0 saturated carbocycles. The first kappa shape index (κ1) is 23.3. The number of aromatic nitrogens is 3. The van der Waals surface area contributed by atoms with Gasteiger partial charge in [-0.25, -0.2) is 9.37 Å². The Bertz CT molecular complexity index is 1190. The number of nitrogens with one attached hydrogen (secondary N) is 2. The number of ether oxygens (including phenoxy) is 1. The van der Waals surface area contributed by atoms with E-state index < -0.39 is 11.9 Å². The van der Waals surface area contributed by atoms with E-state index in [1.807, 2.05) is 10.9 Å². The van der Waals surface area contributed by atoms with Crippen LogP contribution in [0.5, 0.6) is 5.75 Å². The molecule has 1 fully saturated rings. The zero-order valence-corrected chi connectivity index (χ0v) is 19.5. The number of likely N-dealkylation sites (N-methyl/N-ethyl adjacent to an activating group) is 1. The standard InChI is InChI=1S/C22H23Cl2FN6O2/c1-11(19-15(23)3-4-16(25)20(19)24)33-18-5-12(7-29-21(18)26)13-8-30-31(10-13)14-6-17(28-9-14)22(32)27-2/h3-5,7-8,10-11,14,17,28H,6,9H2,1-2H3,(H2,26,29)(H,27,32). The van der Waals surface area contributed by atoms with Crippen molar-refractivity contribution in [2.75, 3.05) is 19.3 Å². The molecule has 3 aromatic rings. The summed E-state index contributed by atoms with van der Waals surface area (Å²) in [5.74, 6) is -0.137. The molecule has 3 atom stereocenters. The molecule has 0 aliphatic carbocycles. The average Bonchev–Trinajstić information content (AvgIpc) is 3.47. The molecule has 3 heterocycles. The number of nitrogen functional groups attached to an aromatic ring is 1. The van der Waals surface area contributed by atoms with Crippen molar-refractivity contribution in [2.45, 2.75) is 31.5 Å². The number of amides is 1. The van der Waals surface area contributed by atoms with Crippen molar-refractivity contribution in [3.8, 4) is 16.9 Å². The van der Waals surface area contributed by atoms with Crippen LogP contribution >= 0.6 is 23.2 Å². The molecule has 8 nitrogen and oxygen atoms in total. The molecule has 3 unspecified atom stereocenters. The van der Waals surface area contributed by atoms with E-state index in [4.69, 9.17) is 33.7 Å². The summed E-state index contributed by atoms with van der Waals surface area (Å²) in [6.45, 7) is 2.34. The van der Waals surface area contributed by atoms with Gasteiger partial charge in [0.1, 0.15) is 11.9 Å². The average molecular weight is 493 g/mol. The predicted molar refractivity (Wildman–Crippen MR) is 125 cm³/mol. The predicted octanol–water partition coefficient (Wildman–Crippen LogP) is 3.76. The third kappa shape index (κ3) is 4.75. The lowest BCUT2D eigenvalue weighted by Crippen LogP contribution is -2.38. The van der Waals surface area contributed by atoms with Crippen LogP contribution in [-0.4, -0.2) is 40.3 Å². The monoisotopic (exact) mass is 492 g/mol. The number of carbonyl (C=O) groups is 1. The molecule has 0 bridgehead atoms. The van der Waals surface area contributed by atoms with Gasteiger partial charge in [-0.05, 0) is 31.5 Å². The number of nitrogens with zero attached hydrogens (tertiary/aromatic N) is 3. The van der Waals surface area contributed by atoms with Crippen molar-refractivity contribution >= 4 is 34.9 Å². The number of pyridine rings is 1. The van der Waals surface area contributed by atoms with Gasteiger partial charge in [0.25, 0.3) is 0 Å². The lowest BCUT2D eigenvalue weighted by molar-refractivity contribution is -0.122. The lowest BCUT2D eigenvalue weighted by atomic mass is 10.1. The fourth-order valence-electron chi connectivity index (χ4n) is 3.85. The summed E-state index contributed by atoms with van der Waals surface area (Å²) < 4.78 is 21.7. The molecular formula is C22H23Cl2FN6O2. The summed E-state index contributed by atoms with van der Waals surface area (Å²) in [5, 5.41) is 10.5. The molecule has 1 saturated heterocycles. The van der Waals surface area contributed by atoms with Gasteiger partial charge < -0.3 is 21.1 Å². The fraction of sp³-hybridized carbons (Fsp3) is 0.318. The van der Waals surface area contributed by atoms with E-state index >= 15 is 0 Å². The van der Waals surface area contributed by atoms with E-state index in [9.17, 15) is 9.18 Å². The normalized spacial score (nSPS) is 18.8. The van der Waals surface area contributed by atoms with Crippen LogP contribution in [0.15, 0.2) is 36.8 Å². The van der Waals surface area contributed by atoms with Crippen LogP contribution in [-0.2, 0) is 4.79 Å². The van der Waals surface area contributed by atoms with Gasteiger partial charge in [-0.1, -0.05) is 23.2 Å². The molecule has 4 rings (SSSR count). The first-order valence-electron chi connectivity index (χ1n) is 10.3. The second-order valence-corrected chi connectivity index (χ2v) is 8.58. The van der Waals surface area contributed by atoms with Gasteiger partial charge >= 0.3 is 0 Å². The highest BCUT2D eigenvalue weighted by molar-refractivity contribution is 6.36. The molecule has 174 valence electrons. The maximum absolute atomic E-state index is 13.9. The molecule has 0 spiro atoms. The molecule has 0 radical (unpaired) electrons. The smallest absolute Gasteiger partial charge is 0.236 e. The molecule has 11 heteroatoms. The SMILES string of the molecule is CNC(=O)C1CC(n2cc(-c3cnc(N)c(OC(C)c4c(Cl)ccc(F)c4Cl)c3)cn2)CN1. The Morgan fingerprint density at radius 3 is 2.91 bits per heavy atom. The molecule has 2 aromatic heterocycles. The Kier molecular flexibility index (Phi) is 6.73. The van der Waals surface area contributed by atoms with E-state index in [0.29, 0.717) is 24.3 Å². The van der Waals surface area contributed by atoms with Crippen LogP contribution in [0.1, 0.15) is 31.1 Å². The molecule has 1 amide bonds. The van der Waals surface area contributed by atoms with Gasteiger partial charge in [-0.2, -0.15) is 5.10 Å². The van der Waals surface area contributed by atoms with Gasteiger partial charge in [0.05, 0.1) is 23.3 Å². The second-order valence-electron chi connectivity index (χ2n) is 7.80. The Hall–Kier alpha value is -2.88. The van der Waals surface area contributed by atoms with E-state index in [1.165, 1.54) is 12.1 Å². The minimum absolute atomic E-state index is 0.0398. The first-order chi connectivity index (χ1) is 15.8. The van der Waals surface area contributed by atoms with Gasteiger partial charge in [-0.3, -0.25) is 9.48 Å². The van der Waals surface area contributed by atoms with E-state index in [1.54, 1.807) is 32.4 Å². The molecule has 33 heavy (non-hydrogen) atoms. The third-order valence-corrected chi connectivity index (χ3v) is 6.36. The second kappa shape index (κ2) is 9.54. The minimum Gasteiger partial charge on any atom is -0.482 e. The van der Waals surface area contributed by atoms with Gasteiger partial charge in [0.15, 0.2) is 11.6 Å². The zero-order chi connectivity index (χ0) is 23.7. The third-order valence-electron chi connectivity index (χ3n) is 5.65. The molecule has 1 aromatic carbocycles. The molecule has 4 N–H and O–H groups in total. The maximum Gasteiger partial charge on any atom is 0.236 e. The van der Waals surface area contributed by atoms with Crippen LogP contribution < -0.4 is 21.1 Å². The number of hydrogen-bond donors (Lipinski definition) is 3. The summed E-state index contributed by atoms with van der Waals surface area (Å²) in [4.78, 5) is 16.1. The highest BCUT2D eigenvalue weighted by Crippen LogP contribution is 2.37. The Morgan fingerprint density at radius 1 is 1.36 bits per heavy atom. The summed E-state index contributed by atoms with van der Waals surface area (Å²) in [7, 11) is 1.62. The summed E-state index contributed by atoms with van der Waals surface area (Å²) in [6.07, 6.45) is 5.19. The van der Waals surface area contributed by atoms with Crippen LogP contribution in [0, 0.1) is 5.82 Å². The van der Waals surface area contributed by atoms with Crippen molar-refractivity contribution in [3.05, 3.63) is 58.2 Å². The molecular weight excluding hydrogens is 470 g/mol. The minimum atomic E-state index is -0.672. The number of benzene rings is 1. The Morgan fingerprint density at radius 2 is 2.15 bits per heavy atom. The van der Waals surface area contributed by atoms with Gasteiger partial charge in [0, 0.05) is 47.7 Å². The number of rotatable bonds is 6. The number of carbonyl (C=O) groups excluding carboxylic acids is 1. The van der Waals surface area contributed by atoms with E-state index in [0.717, 1.165) is 11.1 Å². The van der Waals surface area contributed by atoms with E-state index in [-0.39, 0.29) is 33.9 Å². The van der Waals surface area contributed by atoms with E-state index in [2.05, 4.69) is 20.7 Å². The number of hydrogen-bond acceptors (Lipinski definition) is 6. The summed E-state index contributed by atoms with van der Waals surface area (Å²) in [5.41, 5.74) is 7.90. The lowest BCUT2D eigenvalue weighted by Gasteiger charge is -2.19. The number of nitrogens with two attached hydrogens (primary N) is 1. The van der Waals surface area contributed by atoms with Gasteiger partial charge in [-0.15, -0.1) is 0 Å². The number of anilines is 1. The van der Waals surface area contributed by atoms with Crippen molar-refractivity contribution < 1.29 is 13.9 Å². The van der Waals surface area contributed by atoms with Crippen molar-refractivity contribution in [2.24, 2.45) is 0 Å². The van der Waals surface area contributed by atoms with Crippen LogP contribution in [0.2, 0.25) is 10.0 Å². The highest BCUT2D eigenvalue weighted by atomic mass is 35.5. The summed E-state index contributed by atoms with van der Waals surface area (Å²) >= 11 is 12.3. The highest BCUT2D eigenvalue weighted by Gasteiger charge is 2.30. The zero-order valence-electron chi connectivity index (χ0n) is 18.0. The van der Waals surface area contributed by atoms with Crippen LogP contribution in [0.25, 0.3) is 11.1 Å². The largest absolute Gasteiger partial charge is 0.482 e. The van der Waals surface area contributed by atoms with Crippen LogP contribution in [0.4, 0.5) is 10.2 Å². The molecule has 1 aliphatic rings. The Balaban J connectivity index is 1.54. The quantitative estimate of drug-likeness (QED) is 0.452. The van der Waals surface area contributed by atoms with Crippen LogP contribution in [0.3, 0.4) is 0 Å². The van der Waals surface area contributed by atoms with Crippen molar-refractivity contribution in [3.63, 3.8) is 0 Å². The summed E-state index contributed by atoms with van der Waals surface area (Å²) in [6, 6.07) is 4.18. The molecule has 1 aliphatic heterocycles. The Labute approximate surface area is 200 Å². The first-order valence-corrected chi connectivity index (χ1v) is 11.1. The number of halogens is 3. The maximum atomic E-state index is 13.9. The fourth-order valence-corrected chi connectivity index (χ4v) is 4.53.